The molecule has 13 heteroatoms. The van der Waals surface area contributed by atoms with Gasteiger partial charge in [-0.25, -0.2) is 4.98 Å². The minimum atomic E-state index is -0.681. The number of carbonyl (C=O) groups is 1. The molecule has 0 unspecified atom stereocenters. The third-order valence-corrected chi connectivity index (χ3v) is 6.36. The van der Waals surface area contributed by atoms with Gasteiger partial charge in [-0.1, -0.05) is 46.1 Å². The number of carbonyl (C=O) groups excluding carboxylic acids is 1. The minimum absolute atomic E-state index is 0.0443. The Morgan fingerprint density at radius 3 is 2.62 bits per heavy atom. The van der Waals surface area contributed by atoms with E-state index in [4.69, 9.17) is 27.9 Å². The number of nitrogens with zero attached hydrogens (tertiary/aromatic N) is 4. The summed E-state index contributed by atoms with van der Waals surface area (Å²) >= 11 is 15.4. The van der Waals surface area contributed by atoms with Gasteiger partial charge in [-0.2, -0.15) is 9.78 Å². The first-order valence-corrected chi connectivity index (χ1v) is 13.1. The number of fused-ring (bicyclic) bond motifs is 1. The number of nitrogens with one attached hydrogen (secondary N) is 1. The summed E-state index contributed by atoms with van der Waals surface area (Å²) in [5, 5.41) is 19.6. The van der Waals surface area contributed by atoms with Crippen LogP contribution in [0.25, 0.3) is 10.9 Å². The number of rotatable bonds is 9. The molecule has 3 aromatic carbocycles. The highest BCUT2D eigenvalue weighted by molar-refractivity contribution is 9.10. The number of hydrogen-bond acceptors (Lipinski definition) is 7. The molecule has 0 bridgehead atoms. The summed E-state index contributed by atoms with van der Waals surface area (Å²) in [6.45, 7) is 1.39. The van der Waals surface area contributed by atoms with E-state index in [1.54, 1.807) is 42.5 Å². The molecule has 0 fully saturated rings. The fourth-order valence-corrected chi connectivity index (χ4v) is 4.38. The van der Waals surface area contributed by atoms with Crippen molar-refractivity contribution in [3.05, 3.63) is 101 Å². The van der Waals surface area contributed by atoms with Crippen molar-refractivity contribution >= 4 is 73.5 Å². The monoisotopic (exact) mass is 631 g/mol. The summed E-state index contributed by atoms with van der Waals surface area (Å²) in [7, 11) is 0. The van der Waals surface area contributed by atoms with Gasteiger partial charge in [-0.15, -0.1) is 0 Å². The summed E-state index contributed by atoms with van der Waals surface area (Å²) in [4.78, 5) is 41.4. The third-order valence-electron chi connectivity index (χ3n) is 5.40. The maximum atomic E-state index is 13.3. The Morgan fingerprint density at radius 1 is 1.18 bits per heavy atom. The Kier molecular flexibility index (Phi) is 8.95. The van der Waals surface area contributed by atoms with Gasteiger partial charge in [-0.3, -0.25) is 19.7 Å². The lowest BCUT2D eigenvalue weighted by Gasteiger charge is -2.12. The molecule has 10 nitrogen and oxygen atoms in total. The number of hydrogen-bond donors (Lipinski definition) is 1. The zero-order chi connectivity index (χ0) is 28.1. The van der Waals surface area contributed by atoms with Crippen LogP contribution in [0.3, 0.4) is 0 Å². The van der Waals surface area contributed by atoms with Crippen molar-refractivity contribution < 1.29 is 14.5 Å². The molecule has 0 saturated heterocycles. The topological polar surface area (TPSA) is 129 Å². The number of aryl methyl sites for hydroxylation is 1. The zero-order valence-electron chi connectivity index (χ0n) is 20.4. The fraction of sp³-hybridized carbons (Fsp3) is 0.154. The van der Waals surface area contributed by atoms with Crippen molar-refractivity contribution in [2.45, 2.75) is 19.8 Å². The predicted octanol–water partition coefficient (Wildman–Crippen LogP) is 6.23. The number of anilines is 1. The van der Waals surface area contributed by atoms with Crippen LogP contribution in [-0.2, 0) is 11.2 Å². The van der Waals surface area contributed by atoms with Crippen LogP contribution in [0.2, 0.25) is 10.0 Å². The summed E-state index contributed by atoms with van der Waals surface area (Å²) in [5.74, 6) is -0.383. The second-order valence-electron chi connectivity index (χ2n) is 8.25. The van der Waals surface area contributed by atoms with E-state index in [1.165, 1.54) is 12.3 Å². The van der Waals surface area contributed by atoms with Gasteiger partial charge in [0.2, 0.25) is 5.75 Å². The molecule has 0 radical (unpaired) electrons. The van der Waals surface area contributed by atoms with Crippen LogP contribution in [0.4, 0.5) is 11.4 Å². The normalized spacial score (nSPS) is 11.2. The third kappa shape index (κ3) is 6.80. The Hall–Kier alpha value is -3.80. The van der Waals surface area contributed by atoms with E-state index in [0.717, 1.165) is 10.7 Å². The largest absolute Gasteiger partial charge is 0.476 e. The van der Waals surface area contributed by atoms with E-state index in [0.29, 0.717) is 44.8 Å². The lowest BCUT2D eigenvalue weighted by molar-refractivity contribution is -0.385. The Labute approximate surface area is 240 Å². The van der Waals surface area contributed by atoms with E-state index in [9.17, 15) is 19.7 Å². The molecule has 0 aliphatic heterocycles. The highest BCUT2D eigenvalue weighted by atomic mass is 79.9. The molecule has 4 rings (SSSR count). The number of nitro groups is 1. The van der Waals surface area contributed by atoms with Gasteiger partial charge in [-0.05, 0) is 55.0 Å². The summed E-state index contributed by atoms with van der Waals surface area (Å²) in [5.41, 5.74) is 0.204. The number of ether oxygens (including phenoxy) is 1. The molecule has 0 aliphatic rings. The van der Waals surface area contributed by atoms with Crippen molar-refractivity contribution in [2.75, 3.05) is 11.9 Å². The van der Waals surface area contributed by atoms with E-state index < -0.39 is 28.7 Å². The lowest BCUT2D eigenvalue weighted by Crippen LogP contribution is -2.23. The Morgan fingerprint density at radius 2 is 1.92 bits per heavy atom. The maximum absolute atomic E-state index is 13.3. The molecule has 0 aliphatic carbocycles. The van der Waals surface area contributed by atoms with Gasteiger partial charge >= 0.3 is 5.69 Å². The van der Waals surface area contributed by atoms with Gasteiger partial charge in [0.25, 0.3) is 11.5 Å². The molecule has 1 amide bonds. The molecule has 1 heterocycles. The first-order valence-electron chi connectivity index (χ1n) is 11.6. The average molecular weight is 633 g/mol. The Balaban J connectivity index is 1.71. The molecule has 0 spiro atoms. The fourth-order valence-electron chi connectivity index (χ4n) is 3.68. The second-order valence-corrected chi connectivity index (χ2v) is 10.0. The standard InChI is InChI=1S/C26H20BrCl2N5O5/c1-2-3-23-32-21-9-4-16(27)11-20(21)26(36)33(23)30-13-15-10-18(29)12-22(34(37)38)25(15)39-14-24(35)31-19-7-5-17(28)6-8-19/h4-13H,2-3,14H2,1H3,(H,31,35). The number of aromatic nitrogens is 2. The second kappa shape index (κ2) is 12.4. The van der Waals surface area contributed by atoms with E-state index in [1.807, 2.05) is 6.92 Å². The van der Waals surface area contributed by atoms with E-state index in [2.05, 4.69) is 31.3 Å². The summed E-state index contributed by atoms with van der Waals surface area (Å²) < 4.78 is 7.43. The van der Waals surface area contributed by atoms with Crippen LogP contribution >= 0.6 is 39.1 Å². The number of nitro benzene ring substituents is 1. The Bertz CT molecular complexity index is 1660. The summed E-state index contributed by atoms with van der Waals surface area (Å²) in [6, 6.07) is 14.1. The molecule has 1 N–H and O–H groups in total. The van der Waals surface area contributed by atoms with Crippen LogP contribution in [0.15, 0.2) is 69.0 Å². The molecule has 1 aromatic heterocycles. The van der Waals surface area contributed by atoms with Crippen molar-refractivity contribution in [3.8, 4) is 5.75 Å². The van der Waals surface area contributed by atoms with Crippen LogP contribution in [0.1, 0.15) is 24.7 Å². The van der Waals surface area contributed by atoms with E-state index in [-0.39, 0.29) is 16.3 Å². The molecular weight excluding hydrogens is 613 g/mol. The van der Waals surface area contributed by atoms with Gasteiger partial charge < -0.3 is 10.1 Å². The smallest absolute Gasteiger partial charge is 0.313 e. The molecular formula is C26H20BrCl2N5O5. The van der Waals surface area contributed by atoms with Crippen molar-refractivity contribution in [2.24, 2.45) is 5.10 Å². The quantitative estimate of drug-likeness (QED) is 0.132. The lowest BCUT2D eigenvalue weighted by atomic mass is 10.2. The molecule has 39 heavy (non-hydrogen) atoms. The van der Waals surface area contributed by atoms with E-state index >= 15 is 0 Å². The minimum Gasteiger partial charge on any atom is -0.476 e. The van der Waals surface area contributed by atoms with Crippen LogP contribution in [0, 0.1) is 10.1 Å². The molecule has 200 valence electrons. The SMILES string of the molecule is CCCc1nc2ccc(Br)cc2c(=O)n1N=Cc1cc(Cl)cc([N+](=O)[O-])c1OCC(=O)Nc1ccc(Cl)cc1. The highest BCUT2D eigenvalue weighted by Crippen LogP contribution is 2.34. The van der Waals surface area contributed by atoms with Gasteiger partial charge in [0, 0.05) is 38.3 Å². The average Bonchev–Trinajstić information content (AvgIpc) is 2.89. The van der Waals surface area contributed by atoms with Gasteiger partial charge in [0.05, 0.1) is 22.0 Å². The number of amides is 1. The van der Waals surface area contributed by atoms with Crippen LogP contribution in [-0.4, -0.2) is 33.3 Å². The van der Waals surface area contributed by atoms with Gasteiger partial charge in [0.1, 0.15) is 5.82 Å². The summed E-state index contributed by atoms with van der Waals surface area (Å²) in [6.07, 6.45) is 2.38. The van der Waals surface area contributed by atoms with Crippen molar-refractivity contribution in [1.82, 2.24) is 9.66 Å². The highest BCUT2D eigenvalue weighted by Gasteiger charge is 2.22. The van der Waals surface area contributed by atoms with Gasteiger partial charge in [0.15, 0.2) is 6.61 Å². The van der Waals surface area contributed by atoms with Crippen LogP contribution < -0.4 is 15.6 Å². The van der Waals surface area contributed by atoms with Crippen molar-refractivity contribution in [1.29, 1.82) is 0 Å². The predicted molar refractivity (Wildman–Crippen MR) is 154 cm³/mol. The molecule has 4 aromatic rings. The zero-order valence-corrected chi connectivity index (χ0v) is 23.5. The molecule has 0 atom stereocenters. The molecule has 0 saturated carbocycles. The maximum Gasteiger partial charge on any atom is 0.313 e. The van der Waals surface area contributed by atoms with Crippen LogP contribution in [0.5, 0.6) is 5.75 Å². The first kappa shape index (κ1) is 28.2. The number of halogens is 3. The van der Waals surface area contributed by atoms with Crippen molar-refractivity contribution in [3.63, 3.8) is 0 Å². The number of benzene rings is 3. The first-order chi connectivity index (χ1) is 18.7.